The van der Waals surface area contributed by atoms with Gasteiger partial charge in [-0.15, -0.1) is 0 Å². The topological polar surface area (TPSA) is 84.9 Å². The van der Waals surface area contributed by atoms with Crippen LogP contribution in [-0.2, 0) is 9.05 Å². The average Bonchev–Trinajstić information content (AvgIpc) is 2.77. The van der Waals surface area contributed by atoms with Gasteiger partial charge in [0.2, 0.25) is 0 Å². The van der Waals surface area contributed by atoms with E-state index in [0.29, 0.717) is 16.3 Å². The van der Waals surface area contributed by atoms with Crippen LogP contribution in [0, 0.1) is 0 Å². The molecular weight excluding hydrogens is 301 g/mol. The van der Waals surface area contributed by atoms with Gasteiger partial charge in [0, 0.05) is 15.7 Å². The van der Waals surface area contributed by atoms with Crippen molar-refractivity contribution in [2.24, 2.45) is 0 Å². The minimum Gasteiger partial charge on any atom is -0.496 e. The van der Waals surface area contributed by atoms with Gasteiger partial charge in [0.25, 0.3) is 14.2 Å². The van der Waals surface area contributed by atoms with Crippen molar-refractivity contribution >= 4 is 31.3 Å². The molecule has 6 nitrogen and oxygen atoms in total. The first kappa shape index (κ1) is 13.1. The van der Waals surface area contributed by atoms with Crippen molar-refractivity contribution in [2.75, 3.05) is 7.11 Å². The van der Waals surface area contributed by atoms with Crippen LogP contribution >= 0.6 is 22.3 Å². The summed E-state index contributed by atoms with van der Waals surface area (Å²) in [6.45, 7) is 0. The summed E-state index contributed by atoms with van der Waals surface area (Å²) in [6, 6.07) is 4.83. The first-order valence-electron chi connectivity index (χ1n) is 4.63. The van der Waals surface area contributed by atoms with Crippen LogP contribution in [0.1, 0.15) is 0 Å². The molecule has 18 heavy (non-hydrogen) atoms. The van der Waals surface area contributed by atoms with Gasteiger partial charge >= 0.3 is 0 Å². The molecule has 0 unspecified atom stereocenters. The van der Waals surface area contributed by atoms with E-state index in [1.54, 1.807) is 18.2 Å². The molecule has 9 heteroatoms. The van der Waals surface area contributed by atoms with Crippen molar-refractivity contribution in [3.8, 4) is 17.1 Å². The van der Waals surface area contributed by atoms with Gasteiger partial charge in [0.1, 0.15) is 5.75 Å². The van der Waals surface area contributed by atoms with Crippen molar-refractivity contribution in [3.05, 3.63) is 23.2 Å². The van der Waals surface area contributed by atoms with Crippen LogP contribution in [0.2, 0.25) is 5.02 Å². The Balaban J connectivity index is 2.55. The first-order chi connectivity index (χ1) is 8.41. The minimum atomic E-state index is -3.95. The molecule has 0 radical (unpaired) electrons. The predicted octanol–water partition coefficient (Wildman–Crippen LogP) is 2.06. The zero-order valence-corrected chi connectivity index (χ0v) is 11.3. The van der Waals surface area contributed by atoms with E-state index in [1.807, 2.05) is 0 Å². The number of aromatic amines is 1. The molecule has 1 aromatic heterocycles. The van der Waals surface area contributed by atoms with Gasteiger partial charge in [0.15, 0.2) is 5.82 Å². The molecule has 0 amide bonds. The maximum atomic E-state index is 11.1. The number of aromatic nitrogens is 3. The van der Waals surface area contributed by atoms with Crippen LogP contribution < -0.4 is 4.74 Å². The van der Waals surface area contributed by atoms with E-state index < -0.39 is 14.2 Å². The lowest BCUT2D eigenvalue weighted by Gasteiger charge is -2.04. The fraction of sp³-hybridized carbons (Fsp3) is 0.111. The molecule has 0 fully saturated rings. The highest BCUT2D eigenvalue weighted by Crippen LogP contribution is 2.30. The Kier molecular flexibility index (Phi) is 3.47. The summed E-state index contributed by atoms with van der Waals surface area (Å²) in [7, 11) is 2.67. The van der Waals surface area contributed by atoms with Crippen LogP contribution in [-0.4, -0.2) is 30.7 Å². The van der Waals surface area contributed by atoms with Crippen LogP contribution in [0.25, 0.3) is 11.4 Å². The molecule has 0 atom stereocenters. The number of hydrogen-bond donors (Lipinski definition) is 1. The van der Waals surface area contributed by atoms with Gasteiger partial charge in [-0.25, -0.2) is 13.5 Å². The average molecular weight is 308 g/mol. The summed E-state index contributed by atoms with van der Waals surface area (Å²) >= 11 is 5.85. The summed E-state index contributed by atoms with van der Waals surface area (Å²) < 4.78 is 27.3. The zero-order valence-electron chi connectivity index (χ0n) is 9.02. The largest absolute Gasteiger partial charge is 0.496 e. The SMILES string of the molecule is COc1ccc(Cl)cc1-c1n[nH]c(S(=O)(=O)Cl)n1. The molecule has 0 aliphatic rings. The lowest BCUT2D eigenvalue weighted by Crippen LogP contribution is -1.93. The van der Waals surface area contributed by atoms with Gasteiger partial charge in [-0.3, -0.25) is 0 Å². The van der Waals surface area contributed by atoms with E-state index in [-0.39, 0.29) is 5.82 Å². The van der Waals surface area contributed by atoms with E-state index in [4.69, 9.17) is 27.0 Å². The number of nitrogens with one attached hydrogen (secondary N) is 1. The second-order valence-corrected chi connectivity index (χ2v) is 6.16. The first-order valence-corrected chi connectivity index (χ1v) is 7.31. The fourth-order valence-electron chi connectivity index (χ4n) is 1.33. The maximum Gasteiger partial charge on any atom is 0.296 e. The standard InChI is InChI=1S/C9H7Cl2N3O3S/c1-17-7-3-2-5(10)4-6(7)8-12-9(14-13-8)18(11,15)16/h2-4H,1H3,(H,12,13,14). The molecule has 0 aliphatic carbocycles. The molecule has 2 aromatic rings. The number of H-pyrrole nitrogens is 1. The van der Waals surface area contributed by atoms with Gasteiger partial charge < -0.3 is 4.74 Å². The molecule has 2 rings (SSSR count). The Morgan fingerprint density at radius 1 is 1.39 bits per heavy atom. The van der Waals surface area contributed by atoms with Crippen LogP contribution in [0.5, 0.6) is 5.75 Å². The summed E-state index contributed by atoms with van der Waals surface area (Å²) in [6.07, 6.45) is 0. The lowest BCUT2D eigenvalue weighted by molar-refractivity contribution is 0.416. The molecule has 96 valence electrons. The fourth-order valence-corrected chi connectivity index (χ4v) is 2.06. The van der Waals surface area contributed by atoms with Crippen molar-refractivity contribution in [1.29, 1.82) is 0 Å². The van der Waals surface area contributed by atoms with E-state index in [2.05, 4.69) is 15.2 Å². The number of hydrogen-bond acceptors (Lipinski definition) is 5. The van der Waals surface area contributed by atoms with E-state index in [0.717, 1.165) is 0 Å². The monoisotopic (exact) mass is 307 g/mol. The van der Waals surface area contributed by atoms with Crippen molar-refractivity contribution in [1.82, 2.24) is 15.2 Å². The van der Waals surface area contributed by atoms with Gasteiger partial charge in [0.05, 0.1) is 12.7 Å². The quantitative estimate of drug-likeness (QED) is 0.877. The summed E-state index contributed by atoms with van der Waals surface area (Å²) in [4.78, 5) is 3.78. The van der Waals surface area contributed by atoms with Gasteiger partial charge in [-0.05, 0) is 18.2 Å². The Hall–Kier alpha value is -1.31. The lowest BCUT2D eigenvalue weighted by atomic mass is 10.2. The second kappa shape index (κ2) is 4.75. The third kappa shape index (κ3) is 2.58. The number of nitrogens with zero attached hydrogens (tertiary/aromatic N) is 2. The van der Waals surface area contributed by atoms with Crippen molar-refractivity contribution < 1.29 is 13.2 Å². The molecule has 0 aliphatic heterocycles. The summed E-state index contributed by atoms with van der Waals surface area (Å²) in [5.74, 6) is 0.602. The second-order valence-electron chi connectivity index (χ2n) is 3.25. The molecule has 1 heterocycles. The highest BCUT2D eigenvalue weighted by atomic mass is 35.7. The number of halogens is 2. The zero-order chi connectivity index (χ0) is 13.3. The number of rotatable bonds is 3. The van der Waals surface area contributed by atoms with E-state index in [9.17, 15) is 8.42 Å². The molecule has 0 spiro atoms. The molecule has 0 saturated heterocycles. The maximum absolute atomic E-state index is 11.1. The highest BCUT2D eigenvalue weighted by Gasteiger charge is 2.18. The Labute approximate surface area is 112 Å². The molecule has 1 aromatic carbocycles. The van der Waals surface area contributed by atoms with Gasteiger partial charge in [-0.1, -0.05) is 11.6 Å². The van der Waals surface area contributed by atoms with Crippen LogP contribution in [0.4, 0.5) is 0 Å². The number of methoxy groups -OCH3 is 1. The Morgan fingerprint density at radius 3 is 2.67 bits per heavy atom. The van der Waals surface area contributed by atoms with Crippen molar-refractivity contribution in [3.63, 3.8) is 0 Å². The van der Waals surface area contributed by atoms with Crippen molar-refractivity contribution in [2.45, 2.75) is 5.16 Å². The summed E-state index contributed by atoms with van der Waals surface area (Å²) in [5, 5.41) is 6.02. The molecule has 1 N–H and O–H groups in total. The Morgan fingerprint density at radius 2 is 2.11 bits per heavy atom. The predicted molar refractivity (Wildman–Crippen MR) is 66.4 cm³/mol. The smallest absolute Gasteiger partial charge is 0.296 e. The molecular formula is C9H7Cl2N3O3S. The number of ether oxygens (including phenoxy) is 1. The third-order valence-electron chi connectivity index (χ3n) is 2.10. The Bertz CT molecular complexity index is 684. The van der Waals surface area contributed by atoms with E-state index >= 15 is 0 Å². The normalized spacial score (nSPS) is 11.5. The van der Waals surface area contributed by atoms with E-state index in [1.165, 1.54) is 7.11 Å². The van der Waals surface area contributed by atoms with Gasteiger partial charge in [-0.2, -0.15) is 10.1 Å². The number of benzene rings is 1. The van der Waals surface area contributed by atoms with Crippen LogP contribution in [0.3, 0.4) is 0 Å². The van der Waals surface area contributed by atoms with Crippen LogP contribution in [0.15, 0.2) is 23.4 Å². The summed E-state index contributed by atoms with van der Waals surface area (Å²) in [5.41, 5.74) is 0.466. The molecule has 0 saturated carbocycles. The third-order valence-corrected chi connectivity index (χ3v) is 3.42. The molecule has 0 bridgehead atoms. The minimum absolute atomic E-state index is 0.133. The highest BCUT2D eigenvalue weighted by molar-refractivity contribution is 8.13.